The Bertz CT molecular complexity index is 704. The van der Waals surface area contributed by atoms with Crippen molar-refractivity contribution in [3.05, 3.63) is 36.0 Å². The van der Waals surface area contributed by atoms with E-state index in [1.807, 2.05) is 0 Å². The first-order chi connectivity index (χ1) is 9.74. The van der Waals surface area contributed by atoms with E-state index < -0.39 is 17.7 Å². The van der Waals surface area contributed by atoms with Gasteiger partial charge in [0.15, 0.2) is 0 Å². The summed E-state index contributed by atoms with van der Waals surface area (Å²) in [6.45, 7) is 5.30. The van der Waals surface area contributed by atoms with Crippen LogP contribution in [-0.2, 0) is 4.74 Å². The lowest BCUT2D eigenvalue weighted by atomic mass is 10.1. The summed E-state index contributed by atoms with van der Waals surface area (Å²) in [4.78, 5) is 26.8. The van der Waals surface area contributed by atoms with Gasteiger partial charge in [-0.1, -0.05) is 0 Å². The number of pyridine rings is 1. The van der Waals surface area contributed by atoms with E-state index in [0.29, 0.717) is 16.6 Å². The van der Waals surface area contributed by atoms with E-state index >= 15 is 0 Å². The molecule has 0 fully saturated rings. The Morgan fingerprint density at radius 2 is 1.95 bits per heavy atom. The molecule has 0 aliphatic carbocycles. The summed E-state index contributed by atoms with van der Waals surface area (Å²) in [7, 11) is 0. The number of amides is 1. The van der Waals surface area contributed by atoms with Crippen molar-refractivity contribution in [2.24, 2.45) is 0 Å². The van der Waals surface area contributed by atoms with Crippen molar-refractivity contribution in [2.45, 2.75) is 26.4 Å². The van der Waals surface area contributed by atoms with Crippen LogP contribution >= 0.6 is 0 Å². The van der Waals surface area contributed by atoms with Crippen molar-refractivity contribution < 1.29 is 19.4 Å². The Morgan fingerprint density at radius 3 is 2.57 bits per heavy atom. The van der Waals surface area contributed by atoms with Crippen molar-refractivity contribution in [1.29, 1.82) is 0 Å². The van der Waals surface area contributed by atoms with Crippen LogP contribution in [0.3, 0.4) is 0 Å². The summed E-state index contributed by atoms with van der Waals surface area (Å²) >= 11 is 0. The number of aromatic nitrogens is 1. The molecule has 21 heavy (non-hydrogen) atoms. The van der Waals surface area contributed by atoms with Crippen LogP contribution in [0.2, 0.25) is 0 Å². The third-order valence-corrected chi connectivity index (χ3v) is 2.57. The van der Waals surface area contributed by atoms with Crippen LogP contribution in [-0.4, -0.2) is 27.8 Å². The van der Waals surface area contributed by atoms with Gasteiger partial charge in [-0.3, -0.25) is 10.3 Å². The second-order valence-electron chi connectivity index (χ2n) is 5.56. The number of ether oxygens (including phenoxy) is 1. The van der Waals surface area contributed by atoms with Gasteiger partial charge in [0.1, 0.15) is 5.60 Å². The molecule has 1 aromatic carbocycles. The van der Waals surface area contributed by atoms with Crippen molar-refractivity contribution in [1.82, 2.24) is 4.98 Å². The molecular formula is C15H16N2O4. The van der Waals surface area contributed by atoms with E-state index in [0.717, 1.165) is 0 Å². The van der Waals surface area contributed by atoms with Gasteiger partial charge in [0.2, 0.25) is 0 Å². The molecule has 6 nitrogen and oxygen atoms in total. The molecule has 2 rings (SSSR count). The zero-order valence-corrected chi connectivity index (χ0v) is 12.0. The van der Waals surface area contributed by atoms with Crippen LogP contribution in [0.1, 0.15) is 31.1 Å². The van der Waals surface area contributed by atoms with Gasteiger partial charge in [0.05, 0.1) is 23.0 Å². The highest BCUT2D eigenvalue weighted by Crippen LogP contribution is 2.19. The van der Waals surface area contributed by atoms with Crippen molar-refractivity contribution in [2.75, 3.05) is 5.32 Å². The van der Waals surface area contributed by atoms with E-state index in [-0.39, 0.29) is 5.56 Å². The minimum Gasteiger partial charge on any atom is -0.478 e. The van der Waals surface area contributed by atoms with E-state index in [1.165, 1.54) is 18.3 Å². The molecule has 1 aromatic heterocycles. The number of carboxylic acids is 1. The lowest BCUT2D eigenvalue weighted by Crippen LogP contribution is -2.27. The van der Waals surface area contributed by atoms with Gasteiger partial charge in [-0.15, -0.1) is 0 Å². The maximum atomic E-state index is 11.7. The molecular weight excluding hydrogens is 272 g/mol. The lowest BCUT2D eigenvalue weighted by molar-refractivity contribution is 0.0634. The molecule has 0 unspecified atom stereocenters. The topological polar surface area (TPSA) is 88.5 Å². The number of nitrogens with zero attached hydrogens (tertiary/aromatic N) is 1. The summed E-state index contributed by atoms with van der Waals surface area (Å²) in [5.74, 6) is -1.01. The lowest BCUT2D eigenvalue weighted by Gasteiger charge is -2.19. The van der Waals surface area contributed by atoms with Gasteiger partial charge in [0.25, 0.3) is 0 Å². The first-order valence-electron chi connectivity index (χ1n) is 6.38. The first-order valence-corrected chi connectivity index (χ1v) is 6.38. The van der Waals surface area contributed by atoms with E-state index in [2.05, 4.69) is 10.3 Å². The monoisotopic (exact) mass is 288 g/mol. The van der Waals surface area contributed by atoms with Crippen LogP contribution in [0.4, 0.5) is 10.5 Å². The van der Waals surface area contributed by atoms with E-state index in [4.69, 9.17) is 9.84 Å². The number of hydrogen-bond acceptors (Lipinski definition) is 4. The molecule has 2 N–H and O–H groups in total. The summed E-state index contributed by atoms with van der Waals surface area (Å²) < 4.78 is 5.14. The van der Waals surface area contributed by atoms with Crippen molar-refractivity contribution >= 4 is 28.7 Å². The molecule has 0 aliphatic rings. The highest BCUT2D eigenvalue weighted by molar-refractivity contribution is 5.95. The predicted molar refractivity (Wildman–Crippen MR) is 78.6 cm³/mol. The van der Waals surface area contributed by atoms with Gasteiger partial charge in [-0.25, -0.2) is 9.59 Å². The summed E-state index contributed by atoms with van der Waals surface area (Å²) in [6.07, 6.45) is 0.908. The van der Waals surface area contributed by atoms with Crippen LogP contribution in [0, 0.1) is 0 Å². The summed E-state index contributed by atoms with van der Waals surface area (Å²) in [5.41, 5.74) is 0.665. The minimum atomic E-state index is -1.01. The van der Waals surface area contributed by atoms with Crippen LogP contribution in [0.5, 0.6) is 0 Å². The molecule has 2 aromatic rings. The maximum Gasteiger partial charge on any atom is 0.412 e. The van der Waals surface area contributed by atoms with E-state index in [1.54, 1.807) is 32.9 Å². The van der Waals surface area contributed by atoms with Crippen LogP contribution in [0.15, 0.2) is 30.5 Å². The average molecular weight is 288 g/mol. The quantitative estimate of drug-likeness (QED) is 0.885. The number of anilines is 1. The molecule has 0 aliphatic heterocycles. The molecule has 0 saturated heterocycles. The average Bonchev–Trinajstić information content (AvgIpc) is 2.35. The zero-order valence-electron chi connectivity index (χ0n) is 12.0. The normalized spacial score (nSPS) is 11.2. The molecule has 0 radical (unpaired) electrons. The predicted octanol–water partition coefficient (Wildman–Crippen LogP) is 3.28. The molecule has 0 atom stereocenters. The van der Waals surface area contributed by atoms with Gasteiger partial charge in [-0.2, -0.15) is 0 Å². The highest BCUT2D eigenvalue weighted by Gasteiger charge is 2.16. The largest absolute Gasteiger partial charge is 0.478 e. The van der Waals surface area contributed by atoms with Gasteiger partial charge >= 0.3 is 12.1 Å². The Kier molecular flexibility index (Phi) is 3.80. The fourth-order valence-corrected chi connectivity index (χ4v) is 1.75. The Morgan fingerprint density at radius 1 is 1.24 bits per heavy atom. The number of rotatable bonds is 2. The van der Waals surface area contributed by atoms with Gasteiger partial charge in [0, 0.05) is 5.39 Å². The second kappa shape index (κ2) is 5.40. The number of carbonyl (C=O) groups is 2. The second-order valence-corrected chi connectivity index (χ2v) is 5.56. The number of carboxylic acid groups (broad SMARTS) is 1. The smallest absolute Gasteiger partial charge is 0.412 e. The SMILES string of the molecule is CC(C)(C)OC(=O)Nc1cnc2ccc(C(=O)O)cc2c1. The molecule has 1 heterocycles. The Balaban J connectivity index is 2.25. The molecule has 110 valence electrons. The fourth-order valence-electron chi connectivity index (χ4n) is 1.75. The van der Waals surface area contributed by atoms with Crippen molar-refractivity contribution in [3.8, 4) is 0 Å². The molecule has 0 saturated carbocycles. The highest BCUT2D eigenvalue weighted by atomic mass is 16.6. The standard InChI is InChI=1S/C15H16N2O4/c1-15(2,3)21-14(20)17-11-7-10-6-9(13(18)19)4-5-12(10)16-8-11/h4-8H,1-3H3,(H,17,20)(H,18,19). The summed E-state index contributed by atoms with van der Waals surface area (Å²) in [5, 5.41) is 12.2. The molecule has 1 amide bonds. The molecule has 6 heteroatoms. The molecule has 0 spiro atoms. The number of fused-ring (bicyclic) bond motifs is 1. The third kappa shape index (κ3) is 3.92. The van der Waals surface area contributed by atoms with Gasteiger partial charge in [-0.05, 0) is 45.0 Å². The van der Waals surface area contributed by atoms with Crippen molar-refractivity contribution in [3.63, 3.8) is 0 Å². The maximum absolute atomic E-state index is 11.7. The number of nitrogens with one attached hydrogen (secondary N) is 1. The van der Waals surface area contributed by atoms with Gasteiger partial charge < -0.3 is 9.84 Å². The number of aromatic carboxylic acids is 1. The number of carbonyl (C=O) groups excluding carboxylic acids is 1. The Labute approximate surface area is 121 Å². The Hall–Kier alpha value is -2.63. The number of benzene rings is 1. The molecule has 0 bridgehead atoms. The fraction of sp³-hybridized carbons (Fsp3) is 0.267. The number of hydrogen-bond donors (Lipinski definition) is 2. The summed E-state index contributed by atoms with van der Waals surface area (Å²) in [6, 6.07) is 6.26. The van der Waals surface area contributed by atoms with Crippen LogP contribution in [0.25, 0.3) is 10.9 Å². The third-order valence-electron chi connectivity index (χ3n) is 2.57. The van der Waals surface area contributed by atoms with E-state index in [9.17, 15) is 9.59 Å². The first kappa shape index (κ1) is 14.8. The minimum absolute atomic E-state index is 0.165. The zero-order chi connectivity index (χ0) is 15.6. The van der Waals surface area contributed by atoms with Crippen LogP contribution < -0.4 is 5.32 Å².